The van der Waals surface area contributed by atoms with Gasteiger partial charge < -0.3 is 19.2 Å². The first-order chi connectivity index (χ1) is 6.69. The van der Waals surface area contributed by atoms with E-state index in [1.165, 1.54) is 6.26 Å². The maximum Gasteiger partial charge on any atom is 0.297 e. The van der Waals surface area contributed by atoms with Crippen LogP contribution in [0.2, 0.25) is 0 Å². The molecule has 1 rings (SSSR count). The molecular formula is C9H16N2O3. The number of aromatic nitrogens is 1. The molecule has 0 aliphatic heterocycles. The highest BCUT2D eigenvalue weighted by Gasteiger charge is 2.14. The van der Waals surface area contributed by atoms with Crippen LogP contribution in [-0.2, 0) is 11.3 Å². The van der Waals surface area contributed by atoms with E-state index in [-0.39, 0.29) is 12.6 Å². The predicted octanol–water partition coefficient (Wildman–Crippen LogP) is 0.638. The Labute approximate surface area is 83.3 Å². The van der Waals surface area contributed by atoms with Crippen molar-refractivity contribution < 1.29 is 14.3 Å². The second-order valence-corrected chi connectivity index (χ2v) is 3.19. The SMILES string of the molecule is COCC(C)N(C)c1nc(CO)co1. The number of ether oxygens (including phenoxy) is 1. The van der Waals surface area contributed by atoms with E-state index in [9.17, 15) is 0 Å². The minimum absolute atomic E-state index is 0.101. The van der Waals surface area contributed by atoms with Crippen LogP contribution < -0.4 is 4.90 Å². The van der Waals surface area contributed by atoms with E-state index in [1.807, 2.05) is 18.9 Å². The summed E-state index contributed by atoms with van der Waals surface area (Å²) in [6, 6.07) is 0.684. The van der Waals surface area contributed by atoms with E-state index in [4.69, 9.17) is 14.3 Å². The Balaban J connectivity index is 2.63. The second-order valence-electron chi connectivity index (χ2n) is 3.19. The van der Waals surface area contributed by atoms with Gasteiger partial charge in [-0.3, -0.25) is 0 Å². The van der Waals surface area contributed by atoms with Gasteiger partial charge in [0, 0.05) is 14.2 Å². The molecule has 1 aromatic heterocycles. The lowest BCUT2D eigenvalue weighted by molar-refractivity contribution is 0.181. The van der Waals surface area contributed by atoms with E-state index in [0.717, 1.165) is 0 Å². The average Bonchev–Trinajstić information content (AvgIpc) is 2.65. The number of anilines is 1. The third-order valence-corrected chi connectivity index (χ3v) is 2.07. The second kappa shape index (κ2) is 4.97. The molecule has 5 heteroatoms. The molecule has 0 aliphatic rings. The molecular weight excluding hydrogens is 184 g/mol. The molecule has 1 aromatic rings. The normalized spacial score (nSPS) is 12.9. The van der Waals surface area contributed by atoms with Gasteiger partial charge in [0.25, 0.3) is 6.01 Å². The summed E-state index contributed by atoms with van der Waals surface area (Å²) < 4.78 is 10.2. The maximum atomic E-state index is 8.81. The van der Waals surface area contributed by atoms with Crippen LogP contribution in [0.25, 0.3) is 0 Å². The summed E-state index contributed by atoms with van der Waals surface area (Å²) in [6.07, 6.45) is 1.45. The Kier molecular flexibility index (Phi) is 3.91. The van der Waals surface area contributed by atoms with E-state index in [1.54, 1.807) is 7.11 Å². The first kappa shape index (κ1) is 11.0. The minimum atomic E-state index is -0.101. The number of likely N-dealkylation sites (N-methyl/N-ethyl adjacent to an activating group) is 1. The number of aliphatic hydroxyl groups is 1. The van der Waals surface area contributed by atoms with E-state index < -0.39 is 0 Å². The largest absolute Gasteiger partial charge is 0.432 e. The van der Waals surface area contributed by atoms with Crippen LogP contribution in [0.15, 0.2) is 10.7 Å². The number of hydrogen-bond acceptors (Lipinski definition) is 5. The van der Waals surface area contributed by atoms with Gasteiger partial charge in [0.05, 0.1) is 19.3 Å². The van der Waals surface area contributed by atoms with Crippen LogP contribution in [0.1, 0.15) is 12.6 Å². The lowest BCUT2D eigenvalue weighted by atomic mass is 10.3. The smallest absolute Gasteiger partial charge is 0.297 e. The Hall–Kier alpha value is -1.07. The third kappa shape index (κ3) is 2.46. The van der Waals surface area contributed by atoms with Crippen LogP contribution in [0, 0.1) is 0 Å². The Morgan fingerprint density at radius 2 is 2.43 bits per heavy atom. The fraction of sp³-hybridized carbons (Fsp3) is 0.667. The highest BCUT2D eigenvalue weighted by molar-refractivity contribution is 5.26. The molecule has 14 heavy (non-hydrogen) atoms. The quantitative estimate of drug-likeness (QED) is 0.755. The Bertz CT molecular complexity index is 275. The Morgan fingerprint density at radius 3 is 2.93 bits per heavy atom. The number of aliphatic hydroxyl groups excluding tert-OH is 1. The van der Waals surface area contributed by atoms with Crippen LogP contribution in [-0.4, -0.2) is 36.9 Å². The van der Waals surface area contributed by atoms with Gasteiger partial charge in [-0.2, -0.15) is 4.98 Å². The molecule has 1 N–H and O–H groups in total. The van der Waals surface area contributed by atoms with Crippen molar-refractivity contribution in [3.63, 3.8) is 0 Å². The molecule has 5 nitrogen and oxygen atoms in total. The number of nitrogens with zero attached hydrogens (tertiary/aromatic N) is 2. The number of rotatable bonds is 5. The summed E-state index contributed by atoms with van der Waals surface area (Å²) in [5, 5.41) is 8.81. The van der Waals surface area contributed by atoms with Crippen molar-refractivity contribution in [1.29, 1.82) is 0 Å². The maximum absolute atomic E-state index is 8.81. The molecule has 0 fully saturated rings. The summed E-state index contributed by atoms with van der Waals surface area (Å²) in [5.74, 6) is 0. The van der Waals surface area contributed by atoms with Gasteiger partial charge in [0.1, 0.15) is 12.0 Å². The third-order valence-electron chi connectivity index (χ3n) is 2.07. The van der Waals surface area contributed by atoms with E-state index in [0.29, 0.717) is 18.3 Å². The van der Waals surface area contributed by atoms with E-state index >= 15 is 0 Å². The molecule has 0 amide bonds. The molecule has 0 radical (unpaired) electrons. The summed E-state index contributed by atoms with van der Waals surface area (Å²) in [5.41, 5.74) is 0.538. The first-order valence-corrected chi connectivity index (χ1v) is 4.46. The average molecular weight is 200 g/mol. The summed E-state index contributed by atoms with van der Waals surface area (Å²) in [7, 11) is 3.52. The highest BCUT2D eigenvalue weighted by Crippen LogP contribution is 2.14. The zero-order valence-electron chi connectivity index (χ0n) is 8.73. The van der Waals surface area contributed by atoms with Crippen molar-refractivity contribution in [2.45, 2.75) is 19.6 Å². The zero-order chi connectivity index (χ0) is 10.6. The molecule has 1 unspecified atom stereocenters. The fourth-order valence-electron chi connectivity index (χ4n) is 1.07. The molecule has 0 bridgehead atoms. The van der Waals surface area contributed by atoms with Gasteiger partial charge in [-0.1, -0.05) is 0 Å². The molecule has 0 spiro atoms. The topological polar surface area (TPSA) is 58.7 Å². The van der Waals surface area contributed by atoms with Crippen molar-refractivity contribution in [1.82, 2.24) is 4.98 Å². The summed E-state index contributed by atoms with van der Waals surface area (Å²) in [4.78, 5) is 5.95. The first-order valence-electron chi connectivity index (χ1n) is 4.46. The van der Waals surface area contributed by atoms with Crippen LogP contribution in [0.5, 0.6) is 0 Å². The van der Waals surface area contributed by atoms with Gasteiger partial charge in [-0.05, 0) is 6.92 Å². The van der Waals surface area contributed by atoms with Crippen molar-refractivity contribution in [2.75, 3.05) is 25.7 Å². The van der Waals surface area contributed by atoms with Crippen molar-refractivity contribution in [3.8, 4) is 0 Å². The van der Waals surface area contributed by atoms with Crippen molar-refractivity contribution in [2.24, 2.45) is 0 Å². The molecule has 0 saturated carbocycles. The molecule has 80 valence electrons. The fourth-order valence-corrected chi connectivity index (χ4v) is 1.07. The standard InChI is InChI=1S/C9H16N2O3/c1-7(5-13-3)11(2)9-10-8(4-12)6-14-9/h6-7,12H,4-5H2,1-3H3. The van der Waals surface area contributed by atoms with Gasteiger partial charge in [0.2, 0.25) is 0 Å². The van der Waals surface area contributed by atoms with Crippen molar-refractivity contribution >= 4 is 6.01 Å². The monoisotopic (exact) mass is 200 g/mol. The van der Waals surface area contributed by atoms with Gasteiger partial charge in [-0.15, -0.1) is 0 Å². The minimum Gasteiger partial charge on any atom is -0.432 e. The number of oxazole rings is 1. The Morgan fingerprint density at radius 1 is 1.71 bits per heavy atom. The van der Waals surface area contributed by atoms with E-state index in [2.05, 4.69) is 4.98 Å². The summed E-state index contributed by atoms with van der Waals surface area (Å²) in [6.45, 7) is 2.51. The lowest BCUT2D eigenvalue weighted by Crippen LogP contribution is -2.32. The summed E-state index contributed by atoms with van der Waals surface area (Å²) >= 11 is 0. The lowest BCUT2D eigenvalue weighted by Gasteiger charge is -2.21. The van der Waals surface area contributed by atoms with Crippen LogP contribution in [0.4, 0.5) is 6.01 Å². The van der Waals surface area contributed by atoms with Gasteiger partial charge in [0.15, 0.2) is 0 Å². The molecule has 0 saturated heterocycles. The number of methoxy groups -OCH3 is 1. The predicted molar refractivity (Wildman–Crippen MR) is 52.2 cm³/mol. The van der Waals surface area contributed by atoms with Gasteiger partial charge >= 0.3 is 0 Å². The molecule has 1 atom stereocenters. The molecule has 0 aromatic carbocycles. The molecule has 0 aliphatic carbocycles. The highest BCUT2D eigenvalue weighted by atomic mass is 16.5. The van der Waals surface area contributed by atoms with Gasteiger partial charge in [-0.25, -0.2) is 0 Å². The number of hydrogen-bond donors (Lipinski definition) is 1. The zero-order valence-corrected chi connectivity index (χ0v) is 8.73. The molecule has 1 heterocycles. The van der Waals surface area contributed by atoms with Crippen LogP contribution in [0.3, 0.4) is 0 Å². The van der Waals surface area contributed by atoms with Crippen molar-refractivity contribution in [3.05, 3.63) is 12.0 Å². The van der Waals surface area contributed by atoms with Crippen LogP contribution >= 0.6 is 0 Å².